The molecule has 0 saturated heterocycles. The highest BCUT2D eigenvalue weighted by molar-refractivity contribution is 8.13. The van der Waals surface area contributed by atoms with Gasteiger partial charge in [0.15, 0.2) is 0 Å². The first kappa shape index (κ1) is 13.3. The molecule has 1 rings (SSSR count). The lowest BCUT2D eigenvalue weighted by atomic mass is 10.0. The normalized spacial score (nSPS) is 12.8. The van der Waals surface area contributed by atoms with Gasteiger partial charge in [-0.25, -0.2) is 8.42 Å². The highest BCUT2D eigenvalue weighted by Crippen LogP contribution is 2.34. The summed E-state index contributed by atoms with van der Waals surface area (Å²) in [5.41, 5.74) is -1.01. The van der Waals surface area contributed by atoms with Crippen molar-refractivity contribution < 1.29 is 21.6 Å². The summed E-state index contributed by atoms with van der Waals surface area (Å²) in [6, 6.07) is 3.47. The first-order chi connectivity index (χ1) is 7.11. The van der Waals surface area contributed by atoms with Gasteiger partial charge < -0.3 is 0 Å². The van der Waals surface area contributed by atoms with Gasteiger partial charge in [-0.1, -0.05) is 12.1 Å². The Bertz CT molecular complexity index is 494. The van der Waals surface area contributed by atoms with Crippen LogP contribution in [0.25, 0.3) is 0 Å². The van der Waals surface area contributed by atoms with Gasteiger partial charge in [-0.2, -0.15) is 13.2 Å². The first-order valence-corrected chi connectivity index (χ1v) is 6.67. The van der Waals surface area contributed by atoms with Crippen LogP contribution in [0.5, 0.6) is 0 Å². The summed E-state index contributed by atoms with van der Waals surface area (Å²) in [5, 5.41) is 0. The van der Waals surface area contributed by atoms with Gasteiger partial charge in [-0.15, -0.1) is 0 Å². The number of halogens is 4. The van der Waals surface area contributed by atoms with Crippen LogP contribution >= 0.6 is 10.7 Å². The molecule has 0 saturated carbocycles. The summed E-state index contributed by atoms with van der Waals surface area (Å²) < 4.78 is 59.4. The fraction of sp³-hybridized carbons (Fsp3) is 0.333. The van der Waals surface area contributed by atoms with Crippen LogP contribution in [0, 0.1) is 6.92 Å². The van der Waals surface area contributed by atoms with Crippen molar-refractivity contribution in [1.29, 1.82) is 0 Å². The average molecular weight is 273 g/mol. The summed E-state index contributed by atoms with van der Waals surface area (Å²) in [4.78, 5) is 0. The van der Waals surface area contributed by atoms with Crippen LogP contribution < -0.4 is 0 Å². The Balaban J connectivity index is 3.36. The third kappa shape index (κ3) is 3.38. The Labute approximate surface area is 95.5 Å². The van der Waals surface area contributed by atoms with Crippen molar-refractivity contribution in [3.05, 3.63) is 34.9 Å². The fourth-order valence-electron chi connectivity index (χ4n) is 1.33. The van der Waals surface area contributed by atoms with Gasteiger partial charge in [0, 0.05) is 10.7 Å². The summed E-state index contributed by atoms with van der Waals surface area (Å²) in [7, 11) is 0.956. The van der Waals surface area contributed by atoms with Gasteiger partial charge in [0.1, 0.15) is 0 Å². The lowest BCUT2D eigenvalue weighted by molar-refractivity contribution is -0.138. The van der Waals surface area contributed by atoms with Gasteiger partial charge in [0.05, 0.1) is 11.3 Å². The van der Waals surface area contributed by atoms with Crippen LogP contribution in [0.2, 0.25) is 0 Å². The molecule has 1 aromatic rings. The zero-order valence-electron chi connectivity index (χ0n) is 8.18. The molecule has 0 unspecified atom stereocenters. The van der Waals surface area contributed by atoms with Crippen molar-refractivity contribution in [3.63, 3.8) is 0 Å². The summed E-state index contributed by atoms with van der Waals surface area (Å²) >= 11 is 0. The molecule has 1 aromatic carbocycles. The van der Waals surface area contributed by atoms with Crippen molar-refractivity contribution in [2.75, 3.05) is 0 Å². The van der Waals surface area contributed by atoms with E-state index in [-0.39, 0.29) is 11.1 Å². The molecule has 0 N–H and O–H groups in total. The number of benzene rings is 1. The summed E-state index contributed by atoms with van der Waals surface area (Å²) in [6.07, 6.45) is -4.58. The molecular weight excluding hydrogens is 265 g/mol. The van der Waals surface area contributed by atoms with E-state index in [2.05, 4.69) is 0 Å². The number of aryl methyl sites for hydroxylation is 1. The predicted octanol–water partition coefficient (Wildman–Crippen LogP) is 3.08. The molecule has 0 aromatic heterocycles. The van der Waals surface area contributed by atoms with Gasteiger partial charge in [0.2, 0.25) is 9.05 Å². The van der Waals surface area contributed by atoms with Crippen molar-refractivity contribution >= 4 is 19.7 Å². The number of alkyl halides is 3. The van der Waals surface area contributed by atoms with Gasteiger partial charge in [0.25, 0.3) is 0 Å². The average Bonchev–Trinajstić information content (AvgIpc) is 2.04. The molecule has 0 bridgehead atoms. The van der Waals surface area contributed by atoms with Crippen LogP contribution in [0.1, 0.15) is 16.7 Å². The zero-order valence-corrected chi connectivity index (χ0v) is 9.75. The second-order valence-corrected chi connectivity index (χ2v) is 6.06. The van der Waals surface area contributed by atoms with E-state index in [4.69, 9.17) is 10.7 Å². The molecular formula is C9H8ClF3O2S. The van der Waals surface area contributed by atoms with Crippen LogP contribution in [0.15, 0.2) is 18.2 Å². The first-order valence-electron chi connectivity index (χ1n) is 4.19. The fourth-order valence-corrected chi connectivity index (χ4v) is 2.39. The maximum absolute atomic E-state index is 12.6. The van der Waals surface area contributed by atoms with E-state index in [1.807, 2.05) is 0 Å². The van der Waals surface area contributed by atoms with E-state index in [0.29, 0.717) is 0 Å². The van der Waals surface area contributed by atoms with E-state index in [0.717, 1.165) is 6.07 Å². The Morgan fingerprint density at radius 1 is 1.31 bits per heavy atom. The molecule has 0 fully saturated rings. The minimum absolute atomic E-state index is 0.249. The van der Waals surface area contributed by atoms with E-state index in [1.54, 1.807) is 0 Å². The van der Waals surface area contributed by atoms with Gasteiger partial charge in [-0.3, -0.25) is 0 Å². The maximum atomic E-state index is 12.6. The van der Waals surface area contributed by atoms with Crippen LogP contribution in [-0.4, -0.2) is 8.42 Å². The van der Waals surface area contributed by atoms with Crippen molar-refractivity contribution in [1.82, 2.24) is 0 Å². The van der Waals surface area contributed by atoms with Crippen molar-refractivity contribution in [2.45, 2.75) is 18.9 Å². The number of rotatable bonds is 2. The third-order valence-corrected chi connectivity index (χ3v) is 2.99. The molecule has 16 heavy (non-hydrogen) atoms. The molecule has 0 atom stereocenters. The van der Waals surface area contributed by atoms with Crippen molar-refractivity contribution in [3.8, 4) is 0 Å². The standard InChI is InChI=1S/C9H8ClF3O2S/c1-6-3-2-4-8(9(11,12)13)7(6)5-16(10,14)15/h2-4H,5H2,1H3. The Kier molecular flexibility index (Phi) is 3.54. The Morgan fingerprint density at radius 3 is 2.31 bits per heavy atom. The van der Waals surface area contributed by atoms with Gasteiger partial charge in [-0.05, 0) is 24.1 Å². The van der Waals surface area contributed by atoms with E-state index >= 15 is 0 Å². The minimum Gasteiger partial charge on any atom is -0.212 e. The summed E-state index contributed by atoms with van der Waals surface area (Å²) in [5.74, 6) is -0.823. The highest BCUT2D eigenvalue weighted by Gasteiger charge is 2.34. The van der Waals surface area contributed by atoms with Crippen molar-refractivity contribution in [2.24, 2.45) is 0 Å². The van der Waals surface area contributed by atoms with Gasteiger partial charge >= 0.3 is 6.18 Å². The largest absolute Gasteiger partial charge is 0.416 e. The number of hydrogen-bond donors (Lipinski definition) is 0. The smallest absolute Gasteiger partial charge is 0.212 e. The zero-order chi connectivity index (χ0) is 12.6. The monoisotopic (exact) mass is 272 g/mol. The minimum atomic E-state index is -4.58. The number of hydrogen-bond acceptors (Lipinski definition) is 2. The lowest BCUT2D eigenvalue weighted by Gasteiger charge is -2.13. The quantitative estimate of drug-likeness (QED) is 0.776. The molecule has 0 spiro atoms. The highest BCUT2D eigenvalue weighted by atomic mass is 35.7. The van der Waals surface area contributed by atoms with E-state index < -0.39 is 26.5 Å². The molecule has 0 aliphatic heterocycles. The van der Waals surface area contributed by atoms with Crippen LogP contribution in [0.3, 0.4) is 0 Å². The molecule has 0 amide bonds. The van der Waals surface area contributed by atoms with Crippen LogP contribution in [-0.2, 0) is 21.0 Å². The second kappa shape index (κ2) is 4.25. The van der Waals surface area contributed by atoms with E-state index in [9.17, 15) is 21.6 Å². The molecule has 7 heteroatoms. The summed E-state index contributed by atoms with van der Waals surface area (Å²) in [6.45, 7) is 1.41. The molecule has 0 radical (unpaired) electrons. The van der Waals surface area contributed by atoms with E-state index in [1.165, 1.54) is 19.1 Å². The predicted molar refractivity (Wildman–Crippen MR) is 54.7 cm³/mol. The third-order valence-electron chi connectivity index (χ3n) is 2.03. The molecule has 2 nitrogen and oxygen atoms in total. The Morgan fingerprint density at radius 2 is 1.88 bits per heavy atom. The second-order valence-electron chi connectivity index (χ2n) is 3.28. The topological polar surface area (TPSA) is 34.1 Å². The maximum Gasteiger partial charge on any atom is 0.416 e. The SMILES string of the molecule is Cc1cccc(C(F)(F)F)c1CS(=O)(=O)Cl. The Hall–Kier alpha value is -0.750. The lowest BCUT2D eigenvalue weighted by Crippen LogP contribution is -2.12. The molecule has 0 heterocycles. The molecule has 90 valence electrons. The molecule has 0 aliphatic rings. The molecule has 0 aliphatic carbocycles. The van der Waals surface area contributed by atoms with Crippen LogP contribution in [0.4, 0.5) is 13.2 Å².